The zero-order valence-electron chi connectivity index (χ0n) is 17.9. The van der Waals surface area contributed by atoms with E-state index in [4.69, 9.17) is 0 Å². The fraction of sp³-hybridized carbons (Fsp3) is 0.391. The molecule has 2 amide bonds. The summed E-state index contributed by atoms with van der Waals surface area (Å²) in [5.41, 5.74) is 9.08. The fourth-order valence-electron chi connectivity index (χ4n) is 3.23. The van der Waals surface area contributed by atoms with E-state index in [1.165, 1.54) is 11.1 Å². The Kier molecular flexibility index (Phi) is 8.68. The van der Waals surface area contributed by atoms with Crippen LogP contribution in [0.15, 0.2) is 48.5 Å². The van der Waals surface area contributed by atoms with Crippen LogP contribution in [0.25, 0.3) is 0 Å². The molecular weight excluding hydrogens is 364 g/mol. The molecule has 6 heteroatoms. The van der Waals surface area contributed by atoms with Gasteiger partial charge in [0.1, 0.15) is 6.54 Å². The molecule has 0 heterocycles. The van der Waals surface area contributed by atoms with Gasteiger partial charge in [-0.05, 0) is 50.1 Å². The molecule has 0 fully saturated rings. The van der Waals surface area contributed by atoms with E-state index in [0.717, 1.165) is 36.6 Å². The second-order valence-corrected chi connectivity index (χ2v) is 7.20. The number of nitrogens with one attached hydrogen (secondary N) is 3. The van der Waals surface area contributed by atoms with E-state index in [1.807, 2.05) is 19.2 Å². The van der Waals surface area contributed by atoms with Gasteiger partial charge in [-0.15, -0.1) is 0 Å². The predicted molar refractivity (Wildman–Crippen MR) is 117 cm³/mol. The first-order valence-electron chi connectivity index (χ1n) is 10.3. The molecule has 1 unspecified atom stereocenters. The van der Waals surface area contributed by atoms with E-state index in [0.29, 0.717) is 5.56 Å². The minimum Gasteiger partial charge on any atom is -0.372 e. The van der Waals surface area contributed by atoms with Crippen LogP contribution in [0.1, 0.15) is 42.3 Å². The fourth-order valence-corrected chi connectivity index (χ4v) is 3.23. The first-order valence-corrected chi connectivity index (χ1v) is 10.3. The predicted octanol–water partition coefficient (Wildman–Crippen LogP) is 1.57. The van der Waals surface area contributed by atoms with Gasteiger partial charge in [0.05, 0.1) is 7.05 Å². The Hall–Kier alpha value is -2.86. The van der Waals surface area contributed by atoms with Crippen molar-refractivity contribution in [3.8, 4) is 0 Å². The van der Waals surface area contributed by atoms with Gasteiger partial charge in [-0.1, -0.05) is 31.2 Å². The average molecular weight is 398 g/mol. The Balaban J connectivity index is 1.79. The summed E-state index contributed by atoms with van der Waals surface area (Å²) < 4.78 is 0. The summed E-state index contributed by atoms with van der Waals surface area (Å²) in [6.07, 6.45) is 1.02. The molecule has 0 spiro atoms. The maximum atomic E-state index is 12.3. The van der Waals surface area contributed by atoms with Crippen molar-refractivity contribution in [3.05, 3.63) is 65.2 Å². The van der Waals surface area contributed by atoms with Crippen LogP contribution in [0, 0.1) is 0 Å². The number of aryl methyl sites for hydroxylation is 1. The second kappa shape index (κ2) is 11.2. The standard InChI is InChI=1S/C23H32N4O2/c1-5-18-8-10-19(11-9-18)16-26(4)17-22(28)24-25-23(29)20-12-14-21(15-13-20)27(6-2)7-3/h8-15H,5-7,16-17H2,1-4H3,(H,24,28)(H,25,29)/p+1. The van der Waals surface area contributed by atoms with E-state index < -0.39 is 0 Å². The highest BCUT2D eigenvalue weighted by Gasteiger charge is 2.13. The van der Waals surface area contributed by atoms with Crippen molar-refractivity contribution in [3.63, 3.8) is 0 Å². The zero-order chi connectivity index (χ0) is 21.2. The summed E-state index contributed by atoms with van der Waals surface area (Å²) >= 11 is 0. The topological polar surface area (TPSA) is 65.9 Å². The van der Waals surface area contributed by atoms with Crippen molar-refractivity contribution >= 4 is 17.5 Å². The third-order valence-electron chi connectivity index (χ3n) is 4.97. The first-order chi connectivity index (χ1) is 14.0. The number of hydrazine groups is 1. The lowest BCUT2D eigenvalue weighted by atomic mass is 10.1. The molecule has 29 heavy (non-hydrogen) atoms. The van der Waals surface area contributed by atoms with E-state index in [9.17, 15) is 9.59 Å². The molecule has 0 radical (unpaired) electrons. The smallest absolute Gasteiger partial charge is 0.293 e. The number of amides is 2. The first kappa shape index (κ1) is 22.4. The van der Waals surface area contributed by atoms with Crippen molar-refractivity contribution < 1.29 is 14.5 Å². The lowest BCUT2D eigenvalue weighted by molar-refractivity contribution is -0.885. The van der Waals surface area contributed by atoms with Crippen LogP contribution in [0.5, 0.6) is 0 Å². The minimum atomic E-state index is -0.322. The lowest BCUT2D eigenvalue weighted by Gasteiger charge is -2.21. The van der Waals surface area contributed by atoms with E-state index in [-0.39, 0.29) is 18.4 Å². The number of carbonyl (C=O) groups is 2. The number of anilines is 1. The van der Waals surface area contributed by atoms with Gasteiger partial charge in [-0.2, -0.15) is 0 Å². The number of benzene rings is 2. The summed E-state index contributed by atoms with van der Waals surface area (Å²) in [6, 6.07) is 15.8. The molecular formula is C23H33N4O2+. The number of hydrogen-bond acceptors (Lipinski definition) is 3. The number of carbonyl (C=O) groups excluding carboxylic acids is 2. The monoisotopic (exact) mass is 397 g/mol. The largest absolute Gasteiger partial charge is 0.372 e. The Morgan fingerprint density at radius 1 is 0.862 bits per heavy atom. The number of hydrogen-bond donors (Lipinski definition) is 3. The lowest BCUT2D eigenvalue weighted by Crippen LogP contribution is -3.09. The normalized spacial score (nSPS) is 11.6. The van der Waals surface area contributed by atoms with Crippen molar-refractivity contribution in [1.82, 2.24) is 10.9 Å². The van der Waals surface area contributed by atoms with Gasteiger partial charge in [-0.25, -0.2) is 0 Å². The van der Waals surface area contributed by atoms with E-state index in [1.54, 1.807) is 12.1 Å². The molecule has 0 aliphatic heterocycles. The summed E-state index contributed by atoms with van der Waals surface area (Å²) in [5, 5.41) is 0. The maximum absolute atomic E-state index is 12.3. The highest BCUT2D eigenvalue weighted by Crippen LogP contribution is 2.14. The Morgan fingerprint density at radius 3 is 2.00 bits per heavy atom. The number of nitrogens with zero attached hydrogens (tertiary/aromatic N) is 1. The van der Waals surface area contributed by atoms with Gasteiger partial charge in [0.25, 0.3) is 11.8 Å². The summed E-state index contributed by atoms with van der Waals surface area (Å²) in [4.78, 5) is 27.7. The van der Waals surface area contributed by atoms with Crippen LogP contribution >= 0.6 is 0 Å². The van der Waals surface area contributed by atoms with Crippen molar-refractivity contribution in [1.29, 1.82) is 0 Å². The van der Waals surface area contributed by atoms with Crippen molar-refractivity contribution in [2.45, 2.75) is 33.7 Å². The summed E-state index contributed by atoms with van der Waals surface area (Å²) in [6.45, 7) is 9.17. The third-order valence-corrected chi connectivity index (χ3v) is 4.97. The number of rotatable bonds is 9. The zero-order valence-corrected chi connectivity index (χ0v) is 17.9. The van der Waals surface area contributed by atoms with Crippen LogP contribution < -0.4 is 20.7 Å². The Morgan fingerprint density at radius 2 is 1.45 bits per heavy atom. The third kappa shape index (κ3) is 6.91. The van der Waals surface area contributed by atoms with Crippen LogP contribution in [-0.2, 0) is 17.8 Å². The number of quaternary nitrogens is 1. The number of likely N-dealkylation sites (N-methyl/N-ethyl adjacent to an activating group) is 1. The van der Waals surface area contributed by atoms with Crippen LogP contribution in [0.4, 0.5) is 5.69 Å². The van der Waals surface area contributed by atoms with Gasteiger partial charge in [-0.3, -0.25) is 20.4 Å². The summed E-state index contributed by atoms with van der Waals surface area (Å²) in [7, 11) is 1.96. The van der Waals surface area contributed by atoms with Crippen LogP contribution in [0.2, 0.25) is 0 Å². The van der Waals surface area contributed by atoms with E-state index >= 15 is 0 Å². The molecule has 2 rings (SSSR count). The minimum absolute atomic E-state index is 0.221. The van der Waals surface area contributed by atoms with Gasteiger partial charge < -0.3 is 9.80 Å². The molecule has 2 aromatic rings. The van der Waals surface area contributed by atoms with Crippen molar-refractivity contribution in [2.24, 2.45) is 0 Å². The van der Waals surface area contributed by atoms with Crippen LogP contribution in [-0.4, -0.2) is 38.5 Å². The molecule has 0 aromatic heterocycles. The van der Waals surface area contributed by atoms with Crippen molar-refractivity contribution in [2.75, 3.05) is 31.6 Å². The van der Waals surface area contributed by atoms with Gasteiger partial charge in [0.15, 0.2) is 6.54 Å². The Labute approximate surface area is 173 Å². The molecule has 0 aliphatic carbocycles. The highest BCUT2D eigenvalue weighted by molar-refractivity contribution is 5.95. The molecule has 0 bridgehead atoms. The second-order valence-electron chi connectivity index (χ2n) is 7.20. The molecule has 156 valence electrons. The molecule has 2 aromatic carbocycles. The molecule has 0 saturated carbocycles. The molecule has 3 N–H and O–H groups in total. The Bertz CT molecular complexity index is 784. The maximum Gasteiger partial charge on any atom is 0.293 e. The SMILES string of the molecule is CCc1ccc(C[NH+](C)CC(=O)NNC(=O)c2ccc(N(CC)CC)cc2)cc1. The molecule has 0 aliphatic rings. The molecule has 6 nitrogen and oxygen atoms in total. The van der Waals surface area contributed by atoms with Gasteiger partial charge >= 0.3 is 0 Å². The summed E-state index contributed by atoms with van der Waals surface area (Å²) in [5.74, 6) is -0.543. The van der Waals surface area contributed by atoms with Gasteiger partial charge in [0.2, 0.25) is 0 Å². The van der Waals surface area contributed by atoms with Gasteiger partial charge in [0, 0.05) is 29.9 Å². The van der Waals surface area contributed by atoms with Crippen LogP contribution in [0.3, 0.4) is 0 Å². The van der Waals surface area contributed by atoms with E-state index in [2.05, 4.69) is 60.8 Å². The molecule has 1 atom stereocenters. The average Bonchev–Trinajstić information content (AvgIpc) is 2.74. The quantitative estimate of drug-likeness (QED) is 0.563. The highest BCUT2D eigenvalue weighted by atomic mass is 16.2. The molecule has 0 saturated heterocycles.